The molecule has 1 saturated heterocycles. The molecule has 2 aliphatic rings. The van der Waals surface area contributed by atoms with Crippen LogP contribution in [0.4, 0.5) is 0 Å². The Morgan fingerprint density at radius 1 is 0.682 bits per heavy atom. The topological polar surface area (TPSA) is 12.0 Å². The van der Waals surface area contributed by atoms with Crippen molar-refractivity contribution in [2.75, 3.05) is 13.1 Å². The minimum Gasteiger partial charge on any atom is -0.316 e. The molecule has 0 bridgehead atoms. The smallest absolute Gasteiger partial charge is 0.00229 e. The normalized spacial score (nSPS) is 35.9. The zero-order valence-electron chi connectivity index (χ0n) is 15.6. The summed E-state index contributed by atoms with van der Waals surface area (Å²) in [4.78, 5) is 0. The highest BCUT2D eigenvalue weighted by atomic mass is 14.9. The Bertz CT molecular complexity index is 274. The van der Waals surface area contributed by atoms with Gasteiger partial charge in [0.2, 0.25) is 0 Å². The molecule has 0 amide bonds. The zero-order chi connectivity index (χ0) is 15.8. The van der Waals surface area contributed by atoms with Crippen LogP contribution in [0.1, 0.15) is 97.8 Å². The number of hydrogen-bond acceptors (Lipinski definition) is 1. The van der Waals surface area contributed by atoms with Crippen LogP contribution in [-0.2, 0) is 0 Å². The maximum Gasteiger partial charge on any atom is -0.00229 e. The molecule has 0 aromatic rings. The SMILES string of the molecule is CC1CNCC(C)CC(C2(C)CCCCCCCCCC2)C1. The first-order valence-electron chi connectivity index (χ1n) is 10.3. The summed E-state index contributed by atoms with van der Waals surface area (Å²) in [5, 5.41) is 3.67. The van der Waals surface area contributed by atoms with Crippen molar-refractivity contribution in [1.82, 2.24) is 5.32 Å². The summed E-state index contributed by atoms with van der Waals surface area (Å²) in [6.45, 7) is 10.0. The van der Waals surface area contributed by atoms with Crippen LogP contribution in [0.5, 0.6) is 0 Å². The van der Waals surface area contributed by atoms with Crippen molar-refractivity contribution in [3.8, 4) is 0 Å². The van der Waals surface area contributed by atoms with Crippen LogP contribution >= 0.6 is 0 Å². The second kappa shape index (κ2) is 9.30. The van der Waals surface area contributed by atoms with E-state index in [1.165, 1.54) is 90.1 Å². The molecule has 2 unspecified atom stereocenters. The predicted molar refractivity (Wildman–Crippen MR) is 98.2 cm³/mol. The summed E-state index contributed by atoms with van der Waals surface area (Å²) >= 11 is 0. The third-order valence-corrected chi connectivity index (χ3v) is 6.59. The molecule has 0 aromatic heterocycles. The molecule has 130 valence electrons. The first-order chi connectivity index (χ1) is 10.6. The average molecular weight is 308 g/mol. The van der Waals surface area contributed by atoms with Crippen LogP contribution in [-0.4, -0.2) is 13.1 Å². The van der Waals surface area contributed by atoms with E-state index in [0.29, 0.717) is 5.41 Å². The number of rotatable bonds is 1. The van der Waals surface area contributed by atoms with Gasteiger partial charge in [-0.3, -0.25) is 0 Å². The standard InChI is InChI=1S/C21H41N/c1-18-14-20(15-19(2)17-22-16-18)21(3)12-10-8-6-4-5-7-9-11-13-21/h18-20,22H,4-17H2,1-3H3. The molecular weight excluding hydrogens is 266 g/mol. The van der Waals surface area contributed by atoms with Gasteiger partial charge in [0.1, 0.15) is 0 Å². The molecule has 1 heterocycles. The molecule has 1 aliphatic carbocycles. The molecule has 0 spiro atoms. The Labute approximate surface area is 140 Å². The fraction of sp³-hybridized carbons (Fsp3) is 1.00. The summed E-state index contributed by atoms with van der Waals surface area (Å²) in [6.07, 6.45) is 17.7. The van der Waals surface area contributed by atoms with Gasteiger partial charge < -0.3 is 5.32 Å². The highest BCUT2D eigenvalue weighted by Gasteiger charge is 2.35. The molecule has 1 N–H and O–H groups in total. The van der Waals surface area contributed by atoms with Gasteiger partial charge in [-0.2, -0.15) is 0 Å². The third kappa shape index (κ3) is 5.87. The molecule has 1 nitrogen and oxygen atoms in total. The summed E-state index contributed by atoms with van der Waals surface area (Å²) in [7, 11) is 0. The molecule has 2 atom stereocenters. The van der Waals surface area contributed by atoms with Crippen molar-refractivity contribution in [2.24, 2.45) is 23.2 Å². The Morgan fingerprint density at radius 3 is 1.55 bits per heavy atom. The third-order valence-electron chi connectivity index (χ3n) is 6.59. The summed E-state index contributed by atoms with van der Waals surface area (Å²) in [5.41, 5.74) is 0.615. The molecule has 0 aromatic carbocycles. The minimum atomic E-state index is 0.615. The van der Waals surface area contributed by atoms with E-state index in [2.05, 4.69) is 26.1 Å². The summed E-state index contributed by atoms with van der Waals surface area (Å²) in [5.74, 6) is 2.67. The van der Waals surface area contributed by atoms with Crippen LogP contribution in [0.25, 0.3) is 0 Å². The van der Waals surface area contributed by atoms with Gasteiger partial charge in [-0.25, -0.2) is 0 Å². The largest absolute Gasteiger partial charge is 0.316 e. The Balaban J connectivity index is 2.03. The molecular formula is C21H41N. The highest BCUT2D eigenvalue weighted by Crippen LogP contribution is 2.45. The van der Waals surface area contributed by atoms with Crippen molar-refractivity contribution in [3.05, 3.63) is 0 Å². The second-order valence-electron chi connectivity index (χ2n) is 9.02. The van der Waals surface area contributed by atoms with Gasteiger partial charge in [-0.15, -0.1) is 0 Å². The Kier molecular flexibility index (Phi) is 7.74. The van der Waals surface area contributed by atoms with E-state index in [0.717, 1.165) is 17.8 Å². The summed E-state index contributed by atoms with van der Waals surface area (Å²) < 4.78 is 0. The lowest BCUT2D eigenvalue weighted by atomic mass is 9.64. The Morgan fingerprint density at radius 2 is 1.09 bits per heavy atom. The van der Waals surface area contributed by atoms with Gasteiger partial charge in [0.15, 0.2) is 0 Å². The predicted octanol–water partition coefficient (Wildman–Crippen LogP) is 6.18. The zero-order valence-corrected chi connectivity index (χ0v) is 15.6. The lowest BCUT2D eigenvalue weighted by molar-refractivity contribution is 0.0897. The van der Waals surface area contributed by atoms with Crippen molar-refractivity contribution in [1.29, 1.82) is 0 Å². The van der Waals surface area contributed by atoms with Crippen LogP contribution in [0, 0.1) is 23.2 Å². The lowest BCUT2D eigenvalue weighted by Crippen LogP contribution is -2.37. The van der Waals surface area contributed by atoms with Crippen LogP contribution in [0.2, 0.25) is 0 Å². The van der Waals surface area contributed by atoms with Crippen molar-refractivity contribution >= 4 is 0 Å². The molecule has 1 aliphatic heterocycles. The maximum absolute atomic E-state index is 3.67. The van der Waals surface area contributed by atoms with Gasteiger partial charge >= 0.3 is 0 Å². The van der Waals surface area contributed by atoms with Gasteiger partial charge in [-0.1, -0.05) is 72.1 Å². The number of nitrogens with one attached hydrogen (secondary N) is 1. The first kappa shape index (κ1) is 18.3. The van der Waals surface area contributed by atoms with E-state index in [1.54, 1.807) is 0 Å². The minimum absolute atomic E-state index is 0.615. The molecule has 22 heavy (non-hydrogen) atoms. The lowest BCUT2D eigenvalue weighted by Gasteiger charge is -2.42. The molecule has 2 rings (SSSR count). The summed E-state index contributed by atoms with van der Waals surface area (Å²) in [6, 6.07) is 0. The highest BCUT2D eigenvalue weighted by molar-refractivity contribution is 4.87. The first-order valence-corrected chi connectivity index (χ1v) is 10.3. The molecule has 1 saturated carbocycles. The van der Waals surface area contributed by atoms with Crippen molar-refractivity contribution < 1.29 is 0 Å². The Hall–Kier alpha value is -0.0400. The second-order valence-corrected chi connectivity index (χ2v) is 9.02. The molecule has 0 radical (unpaired) electrons. The molecule has 2 fully saturated rings. The fourth-order valence-electron chi connectivity index (χ4n) is 5.03. The van der Waals surface area contributed by atoms with E-state index in [-0.39, 0.29) is 0 Å². The van der Waals surface area contributed by atoms with E-state index in [9.17, 15) is 0 Å². The number of hydrogen-bond donors (Lipinski definition) is 1. The van der Waals surface area contributed by atoms with E-state index in [1.807, 2.05) is 0 Å². The quantitative estimate of drug-likeness (QED) is 0.610. The van der Waals surface area contributed by atoms with Crippen molar-refractivity contribution in [3.63, 3.8) is 0 Å². The average Bonchev–Trinajstić information content (AvgIpc) is 2.51. The maximum atomic E-state index is 3.67. The fourth-order valence-corrected chi connectivity index (χ4v) is 5.03. The van der Waals surface area contributed by atoms with Crippen LogP contribution in [0.3, 0.4) is 0 Å². The van der Waals surface area contributed by atoms with Crippen molar-refractivity contribution in [2.45, 2.75) is 97.8 Å². The van der Waals surface area contributed by atoms with Crippen LogP contribution < -0.4 is 5.32 Å². The van der Waals surface area contributed by atoms with Crippen LogP contribution in [0.15, 0.2) is 0 Å². The van der Waals surface area contributed by atoms with E-state index >= 15 is 0 Å². The molecule has 1 heteroatoms. The van der Waals surface area contributed by atoms with Gasteiger partial charge in [-0.05, 0) is 61.9 Å². The van der Waals surface area contributed by atoms with Gasteiger partial charge in [0, 0.05) is 0 Å². The van der Waals surface area contributed by atoms with Gasteiger partial charge in [0.05, 0.1) is 0 Å². The van der Waals surface area contributed by atoms with Gasteiger partial charge in [0.25, 0.3) is 0 Å². The monoisotopic (exact) mass is 307 g/mol. The van der Waals surface area contributed by atoms with E-state index in [4.69, 9.17) is 0 Å². The van der Waals surface area contributed by atoms with E-state index < -0.39 is 0 Å².